The molecule has 0 bridgehead atoms. The zero-order valence-electron chi connectivity index (χ0n) is 15.6. The highest BCUT2D eigenvalue weighted by atomic mass is 19.1. The average molecular weight is 390 g/mol. The average Bonchev–Trinajstić information content (AvgIpc) is 3.26. The van der Waals surface area contributed by atoms with E-state index in [0.717, 1.165) is 17.8 Å². The van der Waals surface area contributed by atoms with Crippen molar-refractivity contribution >= 4 is 5.78 Å². The lowest BCUT2D eigenvalue weighted by Crippen LogP contribution is -2.33. The largest absolute Gasteiger partial charge is 0.371 e. The Hall–Kier alpha value is -3.34. The number of carbonyl (C=O) groups excluding carboxylic acids is 1. The number of morpholine rings is 1. The summed E-state index contributed by atoms with van der Waals surface area (Å²) in [5, 5.41) is 16.3. The highest BCUT2D eigenvalue weighted by Gasteiger charge is 2.18. The van der Waals surface area contributed by atoms with Gasteiger partial charge in [0.15, 0.2) is 5.78 Å². The van der Waals surface area contributed by atoms with E-state index in [9.17, 15) is 9.18 Å². The van der Waals surface area contributed by atoms with Gasteiger partial charge < -0.3 is 10.1 Å². The highest BCUT2D eigenvalue weighted by molar-refractivity contribution is 5.97. The molecule has 3 aromatic rings. The van der Waals surface area contributed by atoms with Gasteiger partial charge in [0.05, 0.1) is 41.8 Å². The first-order valence-electron chi connectivity index (χ1n) is 9.33. The zero-order valence-corrected chi connectivity index (χ0v) is 15.6. The first-order chi connectivity index (χ1) is 14.1. The fourth-order valence-corrected chi connectivity index (χ4v) is 3.26. The van der Waals surface area contributed by atoms with E-state index >= 15 is 0 Å². The molecule has 2 aromatic carbocycles. The highest BCUT2D eigenvalue weighted by Crippen LogP contribution is 2.22. The molecule has 0 aliphatic carbocycles. The van der Waals surface area contributed by atoms with E-state index in [2.05, 4.69) is 16.5 Å². The molecular weight excluding hydrogens is 371 g/mol. The van der Waals surface area contributed by atoms with E-state index in [0.29, 0.717) is 29.8 Å². The Labute approximate surface area is 167 Å². The standard InChI is InChI=1S/C22H19FN4O2/c23-20-9-17(22-13-25-7-8-29-22)4-3-16(20)10-21(28)18-12-26-27(14-18)19-5-1-15(11-24)2-6-19/h1-6,9,12,14,22,25H,7-8,10,13H2/t22-/m1/s1. The van der Waals surface area contributed by atoms with Gasteiger partial charge >= 0.3 is 0 Å². The number of ether oxygens (including phenoxy) is 1. The van der Waals surface area contributed by atoms with E-state index in [1.54, 1.807) is 41.2 Å². The molecule has 0 saturated carbocycles. The van der Waals surface area contributed by atoms with Crippen molar-refractivity contribution in [3.8, 4) is 11.8 Å². The molecule has 6 nitrogen and oxygen atoms in total. The molecule has 2 heterocycles. The maximum absolute atomic E-state index is 14.5. The number of ketones is 1. The quantitative estimate of drug-likeness (QED) is 0.678. The number of nitriles is 1. The van der Waals surface area contributed by atoms with Gasteiger partial charge in [-0.2, -0.15) is 10.4 Å². The summed E-state index contributed by atoms with van der Waals surface area (Å²) in [5.74, 6) is -0.628. The summed E-state index contributed by atoms with van der Waals surface area (Å²) in [6.07, 6.45) is 2.86. The molecule has 0 spiro atoms. The topological polar surface area (TPSA) is 79.9 Å². The Bertz CT molecular complexity index is 1060. The Balaban J connectivity index is 1.46. The summed E-state index contributed by atoms with van der Waals surface area (Å²) >= 11 is 0. The Morgan fingerprint density at radius 2 is 2.14 bits per heavy atom. The second-order valence-corrected chi connectivity index (χ2v) is 6.85. The normalized spacial score (nSPS) is 16.3. The summed E-state index contributed by atoms with van der Waals surface area (Å²) < 4.78 is 21.7. The van der Waals surface area contributed by atoms with Crippen LogP contribution in [0.3, 0.4) is 0 Å². The van der Waals surface area contributed by atoms with Crippen LogP contribution in [0.2, 0.25) is 0 Å². The number of halogens is 1. The van der Waals surface area contributed by atoms with Crippen LogP contribution in [-0.4, -0.2) is 35.3 Å². The number of carbonyl (C=O) groups is 1. The maximum atomic E-state index is 14.5. The van der Waals surface area contributed by atoms with Crippen LogP contribution in [0.4, 0.5) is 4.39 Å². The molecule has 1 saturated heterocycles. The third kappa shape index (κ3) is 4.24. The van der Waals surface area contributed by atoms with Crippen molar-refractivity contribution in [2.45, 2.75) is 12.5 Å². The third-order valence-electron chi connectivity index (χ3n) is 4.89. The summed E-state index contributed by atoms with van der Waals surface area (Å²) in [6, 6.07) is 13.8. The molecule has 1 aromatic heterocycles. The van der Waals surface area contributed by atoms with Crippen molar-refractivity contribution in [2.24, 2.45) is 0 Å². The molecule has 7 heteroatoms. The van der Waals surface area contributed by atoms with Gasteiger partial charge in [-0.15, -0.1) is 0 Å². The number of aromatic nitrogens is 2. The number of nitrogens with one attached hydrogen (secondary N) is 1. The summed E-state index contributed by atoms with van der Waals surface area (Å²) in [6.45, 7) is 2.03. The number of hydrogen-bond donors (Lipinski definition) is 1. The van der Waals surface area contributed by atoms with Crippen molar-refractivity contribution in [1.82, 2.24) is 15.1 Å². The second-order valence-electron chi connectivity index (χ2n) is 6.85. The summed E-state index contributed by atoms with van der Waals surface area (Å²) in [4.78, 5) is 12.6. The van der Waals surface area contributed by atoms with Crippen LogP contribution >= 0.6 is 0 Å². The molecule has 0 radical (unpaired) electrons. The number of Topliss-reactive ketones (excluding diaryl/α,β-unsaturated/α-hetero) is 1. The van der Waals surface area contributed by atoms with E-state index < -0.39 is 5.82 Å². The molecule has 4 rings (SSSR count). The third-order valence-corrected chi connectivity index (χ3v) is 4.89. The van der Waals surface area contributed by atoms with Crippen LogP contribution in [0, 0.1) is 17.1 Å². The van der Waals surface area contributed by atoms with Crippen LogP contribution in [0.25, 0.3) is 5.69 Å². The first kappa shape index (κ1) is 19.0. The lowest BCUT2D eigenvalue weighted by Gasteiger charge is -2.24. The predicted octanol–water partition coefficient (Wildman–Crippen LogP) is 2.97. The van der Waals surface area contributed by atoms with Gasteiger partial charge in [-0.25, -0.2) is 9.07 Å². The molecule has 1 N–H and O–H groups in total. The Kier molecular flexibility index (Phi) is 5.47. The van der Waals surface area contributed by atoms with Crippen LogP contribution in [0.1, 0.15) is 33.2 Å². The molecule has 29 heavy (non-hydrogen) atoms. The Morgan fingerprint density at radius 3 is 2.83 bits per heavy atom. The van der Waals surface area contributed by atoms with Crippen molar-refractivity contribution in [2.75, 3.05) is 19.7 Å². The molecular formula is C22H19FN4O2. The van der Waals surface area contributed by atoms with E-state index in [4.69, 9.17) is 10.00 Å². The number of nitrogens with zero attached hydrogens (tertiary/aromatic N) is 3. The minimum Gasteiger partial charge on any atom is -0.371 e. The Morgan fingerprint density at radius 1 is 1.31 bits per heavy atom. The van der Waals surface area contributed by atoms with Gasteiger partial charge in [-0.3, -0.25) is 4.79 Å². The fraction of sp³-hybridized carbons (Fsp3) is 0.227. The SMILES string of the molecule is N#Cc1ccc(-n2cc(C(=O)Cc3ccc([C@H]4CNCCO4)cc3F)cn2)cc1. The summed E-state index contributed by atoms with van der Waals surface area (Å²) in [7, 11) is 0. The number of rotatable bonds is 5. The molecule has 146 valence electrons. The van der Waals surface area contributed by atoms with Gasteiger partial charge in [0.1, 0.15) is 5.82 Å². The van der Waals surface area contributed by atoms with Gasteiger partial charge in [0, 0.05) is 25.7 Å². The van der Waals surface area contributed by atoms with Crippen LogP contribution in [0.5, 0.6) is 0 Å². The lowest BCUT2D eigenvalue weighted by atomic mass is 10.0. The van der Waals surface area contributed by atoms with E-state index in [1.807, 2.05) is 6.07 Å². The fourth-order valence-electron chi connectivity index (χ4n) is 3.26. The summed E-state index contributed by atoms with van der Waals surface area (Å²) in [5.41, 5.74) is 2.79. The molecule has 0 amide bonds. The molecule has 1 aliphatic rings. The zero-order chi connectivity index (χ0) is 20.2. The smallest absolute Gasteiger partial charge is 0.170 e. The molecule has 1 aliphatic heterocycles. The maximum Gasteiger partial charge on any atom is 0.170 e. The lowest BCUT2D eigenvalue weighted by molar-refractivity contribution is 0.0275. The van der Waals surface area contributed by atoms with E-state index in [-0.39, 0.29) is 18.3 Å². The van der Waals surface area contributed by atoms with Crippen molar-refractivity contribution < 1.29 is 13.9 Å². The van der Waals surface area contributed by atoms with E-state index in [1.165, 1.54) is 12.3 Å². The molecule has 1 atom stereocenters. The number of hydrogen-bond acceptors (Lipinski definition) is 5. The second kappa shape index (κ2) is 8.35. The number of benzene rings is 2. The van der Waals surface area contributed by atoms with Gasteiger partial charge in [0.2, 0.25) is 0 Å². The van der Waals surface area contributed by atoms with Crippen molar-refractivity contribution in [3.05, 3.63) is 82.9 Å². The minimum absolute atomic E-state index is 0.0467. The van der Waals surface area contributed by atoms with Crippen LogP contribution < -0.4 is 5.32 Å². The van der Waals surface area contributed by atoms with Gasteiger partial charge in [0.25, 0.3) is 0 Å². The monoisotopic (exact) mass is 390 g/mol. The molecule has 1 fully saturated rings. The van der Waals surface area contributed by atoms with Crippen molar-refractivity contribution in [1.29, 1.82) is 5.26 Å². The van der Waals surface area contributed by atoms with Gasteiger partial charge in [-0.05, 0) is 41.5 Å². The van der Waals surface area contributed by atoms with Crippen LogP contribution in [-0.2, 0) is 11.2 Å². The predicted molar refractivity (Wildman–Crippen MR) is 104 cm³/mol. The van der Waals surface area contributed by atoms with Crippen molar-refractivity contribution in [3.63, 3.8) is 0 Å². The first-order valence-corrected chi connectivity index (χ1v) is 9.33. The van der Waals surface area contributed by atoms with Gasteiger partial charge in [-0.1, -0.05) is 12.1 Å². The molecule has 0 unspecified atom stereocenters. The minimum atomic E-state index is -0.412. The van der Waals surface area contributed by atoms with Crippen LogP contribution in [0.15, 0.2) is 54.9 Å².